The van der Waals surface area contributed by atoms with Gasteiger partial charge in [0.2, 0.25) is 0 Å². The van der Waals surface area contributed by atoms with Crippen molar-refractivity contribution in [1.29, 1.82) is 0 Å². The normalized spacial score (nSPS) is 14.9. The van der Waals surface area contributed by atoms with Gasteiger partial charge in [0.15, 0.2) is 9.84 Å². The van der Waals surface area contributed by atoms with Crippen LogP contribution in [0, 0.1) is 0 Å². The average Bonchev–Trinajstić information content (AvgIpc) is 2.59. The Labute approximate surface area is 107 Å². The maximum atomic E-state index is 11.4. The third-order valence-electron chi connectivity index (χ3n) is 2.35. The Morgan fingerprint density at radius 1 is 1.47 bits per heavy atom. The highest BCUT2D eigenvalue weighted by molar-refractivity contribution is 7.91. The summed E-state index contributed by atoms with van der Waals surface area (Å²) in [6.07, 6.45) is 2.99. The Hall–Kier alpha value is -0.460. The number of rotatable bonds is 4. The van der Waals surface area contributed by atoms with Crippen LogP contribution in [0.4, 0.5) is 0 Å². The van der Waals surface area contributed by atoms with Crippen LogP contribution < -0.4 is 5.32 Å². The zero-order valence-corrected chi connectivity index (χ0v) is 12.6. The molecule has 98 valence electrons. The summed E-state index contributed by atoms with van der Waals surface area (Å²) < 4.78 is 22.8. The topological polar surface area (TPSA) is 59.1 Å². The van der Waals surface area contributed by atoms with Gasteiger partial charge in [0, 0.05) is 29.4 Å². The molecule has 0 saturated carbocycles. The molecule has 0 aliphatic heterocycles. The van der Waals surface area contributed by atoms with Gasteiger partial charge in [-0.15, -0.1) is 11.3 Å². The SMILES string of the molecule is CC(c1ncc(CNC(C)(C)C)s1)S(C)(=O)=O. The predicted octanol–water partition coefficient (Wildman–Crippen LogP) is 2.14. The van der Waals surface area contributed by atoms with E-state index in [0.29, 0.717) is 5.01 Å². The molecule has 1 unspecified atom stereocenters. The highest BCUT2D eigenvalue weighted by atomic mass is 32.2. The Morgan fingerprint density at radius 2 is 2.06 bits per heavy atom. The summed E-state index contributed by atoms with van der Waals surface area (Å²) in [5.41, 5.74) is 0.0482. The van der Waals surface area contributed by atoms with Crippen molar-refractivity contribution in [2.24, 2.45) is 0 Å². The van der Waals surface area contributed by atoms with Crippen molar-refractivity contribution in [3.05, 3.63) is 16.1 Å². The van der Waals surface area contributed by atoms with Crippen molar-refractivity contribution in [1.82, 2.24) is 10.3 Å². The van der Waals surface area contributed by atoms with Gasteiger partial charge in [-0.05, 0) is 27.7 Å². The third kappa shape index (κ3) is 4.73. The molecular weight excluding hydrogens is 256 g/mol. The fraction of sp³-hybridized carbons (Fsp3) is 0.727. The molecular formula is C11H20N2O2S2. The standard InChI is InChI=1S/C11H20N2O2S2/c1-8(17(5,14)15)10-12-6-9(16-10)7-13-11(2,3)4/h6,8,13H,7H2,1-5H3. The molecule has 17 heavy (non-hydrogen) atoms. The fourth-order valence-electron chi connectivity index (χ4n) is 1.13. The molecule has 0 saturated heterocycles. The Morgan fingerprint density at radius 3 is 2.53 bits per heavy atom. The Bertz CT molecular complexity index is 472. The van der Waals surface area contributed by atoms with Gasteiger partial charge in [-0.3, -0.25) is 0 Å². The molecule has 0 aliphatic carbocycles. The molecule has 4 nitrogen and oxygen atoms in total. The van der Waals surface area contributed by atoms with E-state index in [0.717, 1.165) is 11.4 Å². The lowest BCUT2D eigenvalue weighted by molar-refractivity contribution is 0.426. The van der Waals surface area contributed by atoms with Crippen LogP contribution in [-0.2, 0) is 16.4 Å². The number of hydrogen-bond donors (Lipinski definition) is 1. The van der Waals surface area contributed by atoms with Crippen molar-refractivity contribution in [3.8, 4) is 0 Å². The molecule has 0 radical (unpaired) electrons. The number of sulfone groups is 1. The van der Waals surface area contributed by atoms with Crippen LogP contribution in [-0.4, -0.2) is 25.2 Å². The zero-order valence-electron chi connectivity index (χ0n) is 10.9. The maximum Gasteiger partial charge on any atom is 0.156 e. The van der Waals surface area contributed by atoms with Crippen LogP contribution in [0.1, 0.15) is 42.8 Å². The number of hydrogen-bond acceptors (Lipinski definition) is 5. The van der Waals surface area contributed by atoms with Gasteiger partial charge < -0.3 is 5.32 Å². The molecule has 0 aromatic carbocycles. The summed E-state index contributed by atoms with van der Waals surface area (Å²) in [4.78, 5) is 5.24. The quantitative estimate of drug-likeness (QED) is 0.915. The lowest BCUT2D eigenvalue weighted by Gasteiger charge is -2.19. The molecule has 0 bridgehead atoms. The van der Waals surface area contributed by atoms with Crippen LogP contribution in [0.2, 0.25) is 0 Å². The molecule has 1 atom stereocenters. The molecule has 0 fully saturated rings. The lowest BCUT2D eigenvalue weighted by atomic mass is 10.1. The van der Waals surface area contributed by atoms with Crippen molar-refractivity contribution < 1.29 is 8.42 Å². The van der Waals surface area contributed by atoms with Gasteiger partial charge >= 0.3 is 0 Å². The highest BCUT2D eigenvalue weighted by Crippen LogP contribution is 2.25. The highest BCUT2D eigenvalue weighted by Gasteiger charge is 2.20. The van der Waals surface area contributed by atoms with Crippen molar-refractivity contribution >= 4 is 21.2 Å². The minimum absolute atomic E-state index is 0.0482. The molecule has 0 aliphatic rings. The molecule has 6 heteroatoms. The minimum Gasteiger partial charge on any atom is -0.307 e. The van der Waals surface area contributed by atoms with Gasteiger partial charge in [0.25, 0.3) is 0 Å². The maximum absolute atomic E-state index is 11.4. The van der Waals surface area contributed by atoms with E-state index in [1.165, 1.54) is 17.6 Å². The second kappa shape index (κ2) is 5.04. The minimum atomic E-state index is -3.06. The van der Waals surface area contributed by atoms with E-state index in [1.807, 2.05) is 0 Å². The molecule has 1 aromatic rings. The van der Waals surface area contributed by atoms with E-state index in [1.54, 1.807) is 13.1 Å². The summed E-state index contributed by atoms with van der Waals surface area (Å²) in [7, 11) is -3.06. The van der Waals surface area contributed by atoms with E-state index < -0.39 is 15.1 Å². The van der Waals surface area contributed by atoms with Crippen LogP contribution in [0.15, 0.2) is 6.20 Å². The monoisotopic (exact) mass is 276 g/mol. The first-order valence-corrected chi connectivity index (χ1v) is 8.25. The lowest BCUT2D eigenvalue weighted by Crippen LogP contribution is -2.34. The smallest absolute Gasteiger partial charge is 0.156 e. The van der Waals surface area contributed by atoms with Crippen LogP contribution in [0.25, 0.3) is 0 Å². The Balaban J connectivity index is 2.73. The number of aromatic nitrogens is 1. The fourth-order valence-corrected chi connectivity index (χ4v) is 3.01. The zero-order chi connectivity index (χ0) is 13.3. The van der Waals surface area contributed by atoms with Crippen molar-refractivity contribution in [2.75, 3.05) is 6.26 Å². The van der Waals surface area contributed by atoms with Crippen molar-refractivity contribution in [3.63, 3.8) is 0 Å². The first-order valence-electron chi connectivity index (χ1n) is 5.48. The van der Waals surface area contributed by atoms with Gasteiger partial charge in [-0.2, -0.15) is 0 Å². The molecule has 0 spiro atoms. The van der Waals surface area contributed by atoms with Gasteiger partial charge in [0.1, 0.15) is 10.3 Å². The first-order chi connectivity index (χ1) is 7.59. The molecule has 0 amide bonds. The van der Waals surface area contributed by atoms with E-state index >= 15 is 0 Å². The largest absolute Gasteiger partial charge is 0.307 e. The van der Waals surface area contributed by atoms with Crippen LogP contribution in [0.5, 0.6) is 0 Å². The summed E-state index contributed by atoms with van der Waals surface area (Å²) >= 11 is 1.46. The summed E-state index contributed by atoms with van der Waals surface area (Å²) in [5, 5.41) is 3.50. The number of nitrogens with zero attached hydrogens (tertiary/aromatic N) is 1. The van der Waals surface area contributed by atoms with E-state index in [2.05, 4.69) is 31.1 Å². The summed E-state index contributed by atoms with van der Waals surface area (Å²) in [6, 6.07) is 0. The molecule has 1 N–H and O–H groups in total. The van der Waals surface area contributed by atoms with Gasteiger partial charge in [0.05, 0.1) is 0 Å². The first kappa shape index (κ1) is 14.6. The number of nitrogens with one attached hydrogen (secondary N) is 1. The third-order valence-corrected chi connectivity index (χ3v) is 5.19. The van der Waals surface area contributed by atoms with Gasteiger partial charge in [-0.25, -0.2) is 13.4 Å². The molecule has 1 heterocycles. The van der Waals surface area contributed by atoms with Crippen LogP contribution >= 0.6 is 11.3 Å². The van der Waals surface area contributed by atoms with Crippen molar-refractivity contribution in [2.45, 2.75) is 45.0 Å². The predicted molar refractivity (Wildman–Crippen MR) is 72.0 cm³/mol. The average molecular weight is 276 g/mol. The second-order valence-electron chi connectivity index (χ2n) is 5.24. The van der Waals surface area contributed by atoms with E-state index in [4.69, 9.17) is 0 Å². The van der Waals surface area contributed by atoms with Gasteiger partial charge in [-0.1, -0.05) is 0 Å². The summed E-state index contributed by atoms with van der Waals surface area (Å²) in [5.74, 6) is 0. The number of thiazole rings is 1. The van der Waals surface area contributed by atoms with E-state index in [-0.39, 0.29) is 5.54 Å². The van der Waals surface area contributed by atoms with Crippen LogP contribution in [0.3, 0.4) is 0 Å². The summed E-state index contributed by atoms with van der Waals surface area (Å²) in [6.45, 7) is 8.67. The van der Waals surface area contributed by atoms with E-state index in [9.17, 15) is 8.42 Å². The second-order valence-corrected chi connectivity index (χ2v) is 8.75. The molecule has 1 rings (SSSR count). The Kier molecular flexibility index (Phi) is 4.33. The molecule has 1 aromatic heterocycles.